The van der Waals surface area contributed by atoms with E-state index in [-0.39, 0.29) is 0 Å². The highest BCUT2D eigenvalue weighted by molar-refractivity contribution is 5.40. The molecule has 2 heterocycles. The Balaban J connectivity index is 1.40. The van der Waals surface area contributed by atoms with Crippen molar-refractivity contribution in [2.75, 3.05) is 26.2 Å². The molecule has 0 saturated carbocycles. The number of β-amino-alcohol motifs (C(OH)–C–C–N with tert-alkyl or cyclic N) is 1. The molecule has 2 aromatic rings. The van der Waals surface area contributed by atoms with Crippen molar-refractivity contribution in [3.63, 3.8) is 0 Å². The number of likely N-dealkylation sites (tertiary alicyclic amines) is 1. The van der Waals surface area contributed by atoms with Crippen molar-refractivity contribution in [1.82, 2.24) is 4.90 Å². The van der Waals surface area contributed by atoms with Crippen LogP contribution in [0.1, 0.15) is 35.6 Å². The summed E-state index contributed by atoms with van der Waals surface area (Å²) in [5, 5.41) is 20.5. The second kappa shape index (κ2) is 7.11. The first kappa shape index (κ1) is 17.1. The Bertz CT molecular complexity index is 805. The fraction of sp³-hybridized carbons (Fsp3) is 0.409. The molecule has 0 aliphatic carbocycles. The summed E-state index contributed by atoms with van der Waals surface area (Å²) in [4.78, 5) is 2.27. The lowest BCUT2D eigenvalue weighted by atomic mass is 9.74. The van der Waals surface area contributed by atoms with Gasteiger partial charge in [0, 0.05) is 26.1 Å². The molecule has 0 spiro atoms. The first-order chi connectivity index (χ1) is 12.7. The molecule has 1 N–H and O–H groups in total. The molecule has 0 amide bonds. The molecule has 4 heteroatoms. The summed E-state index contributed by atoms with van der Waals surface area (Å²) in [7, 11) is 0. The number of aliphatic hydroxyl groups is 1. The van der Waals surface area contributed by atoms with E-state index < -0.39 is 11.5 Å². The zero-order valence-electron chi connectivity index (χ0n) is 14.9. The molecular weight excluding hydrogens is 324 g/mol. The number of hydrogen-bond acceptors (Lipinski definition) is 4. The predicted molar refractivity (Wildman–Crippen MR) is 100 cm³/mol. The van der Waals surface area contributed by atoms with E-state index >= 15 is 0 Å². The van der Waals surface area contributed by atoms with Crippen LogP contribution in [0.4, 0.5) is 0 Å². The molecule has 134 valence electrons. The lowest BCUT2D eigenvalue weighted by molar-refractivity contribution is 0.0897. The molecule has 0 aromatic heterocycles. The van der Waals surface area contributed by atoms with Crippen LogP contribution in [-0.4, -0.2) is 36.2 Å². The topological polar surface area (TPSA) is 56.5 Å². The van der Waals surface area contributed by atoms with Crippen LogP contribution >= 0.6 is 0 Å². The van der Waals surface area contributed by atoms with E-state index in [4.69, 9.17) is 4.74 Å². The summed E-state index contributed by atoms with van der Waals surface area (Å²) in [6, 6.07) is 18.7. The van der Waals surface area contributed by atoms with E-state index in [2.05, 4.69) is 29.2 Å². The predicted octanol–water partition coefficient (Wildman–Crippen LogP) is 3.21. The summed E-state index contributed by atoms with van der Waals surface area (Å²) in [5.41, 5.74) is 2.86. The molecule has 1 fully saturated rings. The van der Waals surface area contributed by atoms with Crippen LogP contribution in [0, 0.1) is 11.3 Å². The minimum atomic E-state index is -0.507. The van der Waals surface area contributed by atoms with E-state index in [9.17, 15) is 10.4 Å². The van der Waals surface area contributed by atoms with Crippen LogP contribution in [-0.2, 0) is 11.8 Å². The normalized spacial score (nSPS) is 20.0. The van der Waals surface area contributed by atoms with E-state index in [0.29, 0.717) is 6.54 Å². The molecule has 2 aliphatic heterocycles. The van der Waals surface area contributed by atoms with Crippen LogP contribution in [0.5, 0.6) is 5.75 Å². The quantitative estimate of drug-likeness (QED) is 0.922. The maximum Gasteiger partial charge on any atom is 0.122 e. The lowest BCUT2D eigenvalue weighted by Crippen LogP contribution is -2.43. The number of nitrogens with zero attached hydrogens (tertiary/aromatic N) is 2. The van der Waals surface area contributed by atoms with E-state index in [0.717, 1.165) is 55.8 Å². The number of piperidine rings is 1. The average Bonchev–Trinajstić information content (AvgIpc) is 3.17. The first-order valence-corrected chi connectivity index (χ1v) is 9.33. The van der Waals surface area contributed by atoms with Gasteiger partial charge in [-0.25, -0.2) is 0 Å². The Labute approximate surface area is 154 Å². The minimum absolute atomic E-state index is 0.395. The van der Waals surface area contributed by atoms with Gasteiger partial charge in [-0.2, -0.15) is 5.26 Å². The van der Waals surface area contributed by atoms with E-state index in [1.807, 2.05) is 30.3 Å². The van der Waals surface area contributed by atoms with Crippen molar-refractivity contribution in [3.05, 3.63) is 65.2 Å². The molecule has 26 heavy (non-hydrogen) atoms. The van der Waals surface area contributed by atoms with Gasteiger partial charge in [-0.15, -0.1) is 0 Å². The van der Waals surface area contributed by atoms with Crippen LogP contribution in [0.25, 0.3) is 0 Å². The number of benzene rings is 2. The van der Waals surface area contributed by atoms with Gasteiger partial charge in [0.25, 0.3) is 0 Å². The zero-order valence-corrected chi connectivity index (χ0v) is 14.9. The van der Waals surface area contributed by atoms with Gasteiger partial charge in [0.05, 0.1) is 24.2 Å². The minimum Gasteiger partial charge on any atom is -0.493 e. The van der Waals surface area contributed by atoms with E-state index in [1.165, 1.54) is 5.56 Å². The largest absolute Gasteiger partial charge is 0.493 e. The molecule has 2 aromatic carbocycles. The van der Waals surface area contributed by atoms with Gasteiger partial charge in [0.15, 0.2) is 0 Å². The second-order valence-electron chi connectivity index (χ2n) is 7.34. The van der Waals surface area contributed by atoms with Gasteiger partial charge in [-0.3, -0.25) is 0 Å². The zero-order chi connectivity index (χ0) is 18.0. The van der Waals surface area contributed by atoms with E-state index in [1.54, 1.807) is 0 Å². The number of rotatable bonds is 4. The Morgan fingerprint density at radius 1 is 1.15 bits per heavy atom. The van der Waals surface area contributed by atoms with Crippen LogP contribution in [0.2, 0.25) is 0 Å². The number of ether oxygens (including phenoxy) is 1. The van der Waals surface area contributed by atoms with Crippen LogP contribution in [0.15, 0.2) is 48.5 Å². The maximum absolute atomic E-state index is 10.7. The van der Waals surface area contributed by atoms with Gasteiger partial charge in [0.2, 0.25) is 0 Å². The fourth-order valence-electron chi connectivity index (χ4n) is 4.10. The highest BCUT2D eigenvalue weighted by Gasteiger charge is 2.36. The van der Waals surface area contributed by atoms with Gasteiger partial charge >= 0.3 is 0 Å². The van der Waals surface area contributed by atoms with Gasteiger partial charge < -0.3 is 14.7 Å². The third kappa shape index (κ3) is 3.21. The monoisotopic (exact) mass is 348 g/mol. The van der Waals surface area contributed by atoms with Gasteiger partial charge in [-0.05, 0) is 41.7 Å². The van der Waals surface area contributed by atoms with Crippen molar-refractivity contribution >= 4 is 0 Å². The Morgan fingerprint density at radius 3 is 2.65 bits per heavy atom. The molecule has 1 saturated heterocycles. The molecule has 0 radical (unpaired) electrons. The lowest BCUT2D eigenvalue weighted by Gasteiger charge is -2.38. The van der Waals surface area contributed by atoms with Gasteiger partial charge in [0.1, 0.15) is 5.75 Å². The second-order valence-corrected chi connectivity index (χ2v) is 7.34. The molecule has 4 nitrogen and oxygen atoms in total. The molecule has 0 unspecified atom stereocenters. The maximum atomic E-state index is 10.7. The van der Waals surface area contributed by atoms with Crippen molar-refractivity contribution in [1.29, 1.82) is 5.26 Å². The Kier molecular flexibility index (Phi) is 4.67. The standard InChI is InChI=1S/C22H24N2O2/c23-16-22(19-4-2-1-3-5-19)9-11-24(12-10-22)15-20(25)17-6-7-21-18(14-17)8-13-26-21/h1-7,14,20,25H,8-13,15H2/t20-/m1/s1. The third-order valence-corrected chi connectivity index (χ3v) is 5.78. The smallest absolute Gasteiger partial charge is 0.122 e. The Hall–Kier alpha value is -2.35. The average molecular weight is 348 g/mol. The summed E-state index contributed by atoms with van der Waals surface area (Å²) in [5.74, 6) is 0.945. The number of nitriles is 1. The molecular formula is C22H24N2O2. The fourth-order valence-corrected chi connectivity index (χ4v) is 4.10. The van der Waals surface area contributed by atoms with Crippen molar-refractivity contribution in [3.8, 4) is 11.8 Å². The first-order valence-electron chi connectivity index (χ1n) is 9.33. The number of aliphatic hydroxyl groups excluding tert-OH is 1. The summed E-state index contributed by atoms with van der Waals surface area (Å²) in [6.07, 6.45) is 2.02. The van der Waals surface area contributed by atoms with Crippen molar-refractivity contribution in [2.45, 2.75) is 30.8 Å². The summed E-state index contributed by atoms with van der Waals surface area (Å²) >= 11 is 0. The van der Waals surface area contributed by atoms with Crippen molar-refractivity contribution in [2.24, 2.45) is 0 Å². The number of fused-ring (bicyclic) bond motifs is 1. The highest BCUT2D eigenvalue weighted by Crippen LogP contribution is 2.35. The molecule has 2 aliphatic rings. The molecule has 1 atom stereocenters. The third-order valence-electron chi connectivity index (χ3n) is 5.78. The molecule has 4 rings (SSSR count). The SMILES string of the molecule is N#CC1(c2ccccc2)CCN(C[C@@H](O)c2ccc3c(c2)CCO3)CC1. The van der Waals surface area contributed by atoms with Crippen LogP contribution in [0.3, 0.4) is 0 Å². The highest BCUT2D eigenvalue weighted by atomic mass is 16.5. The number of hydrogen-bond donors (Lipinski definition) is 1. The Morgan fingerprint density at radius 2 is 1.92 bits per heavy atom. The summed E-state index contributed by atoms with van der Waals surface area (Å²) in [6.45, 7) is 2.99. The summed E-state index contributed by atoms with van der Waals surface area (Å²) < 4.78 is 5.54. The molecule has 0 bridgehead atoms. The van der Waals surface area contributed by atoms with Gasteiger partial charge in [-0.1, -0.05) is 36.4 Å². The van der Waals surface area contributed by atoms with Crippen LogP contribution < -0.4 is 4.74 Å². The van der Waals surface area contributed by atoms with Crippen molar-refractivity contribution < 1.29 is 9.84 Å².